The number of hydrogen-bond donors (Lipinski definition) is 0. The molecule has 0 aromatic carbocycles. The van der Waals surface area contributed by atoms with Gasteiger partial charge in [-0.1, -0.05) is 12.2 Å². The number of carbonyl (C=O) groups excluding carboxylic acids is 1. The summed E-state index contributed by atoms with van der Waals surface area (Å²) >= 11 is 0. The van der Waals surface area contributed by atoms with E-state index in [1.54, 1.807) is 0 Å². The first-order valence-electron chi connectivity index (χ1n) is 6.26. The number of rotatable bonds is 0. The molecule has 2 aliphatic heterocycles. The molecule has 0 saturated carbocycles. The normalized spacial score (nSPS) is 49.2. The fraction of sp³-hybridized carbons (Fsp3) is 0.769. The van der Waals surface area contributed by atoms with Gasteiger partial charge >= 0.3 is 5.97 Å². The van der Waals surface area contributed by atoms with Crippen molar-refractivity contribution in [2.75, 3.05) is 6.61 Å². The van der Waals surface area contributed by atoms with E-state index in [1.165, 1.54) is 0 Å². The minimum absolute atomic E-state index is 0.0574. The van der Waals surface area contributed by atoms with Crippen molar-refractivity contribution in [1.29, 1.82) is 0 Å². The zero-order chi connectivity index (χ0) is 12.0. The van der Waals surface area contributed by atoms with Crippen LogP contribution in [-0.4, -0.2) is 31.1 Å². The predicted molar refractivity (Wildman–Crippen MR) is 60.1 cm³/mol. The molecule has 2 saturated heterocycles. The molecule has 0 radical (unpaired) electrons. The van der Waals surface area contributed by atoms with Gasteiger partial charge in [0, 0.05) is 5.92 Å². The first-order valence-corrected chi connectivity index (χ1v) is 6.26. The third-order valence-corrected chi connectivity index (χ3v) is 4.20. The lowest BCUT2D eigenvalue weighted by molar-refractivity contribution is -0.284. The molecule has 5 atom stereocenters. The zero-order valence-electron chi connectivity index (χ0n) is 10.2. The molecule has 3 aliphatic rings. The van der Waals surface area contributed by atoms with E-state index in [-0.39, 0.29) is 30.4 Å². The number of esters is 1. The highest BCUT2D eigenvalue weighted by Gasteiger charge is 2.55. The first kappa shape index (κ1) is 11.2. The molecule has 0 unspecified atom stereocenters. The molecule has 2 fully saturated rings. The van der Waals surface area contributed by atoms with Crippen molar-refractivity contribution < 1.29 is 19.0 Å². The van der Waals surface area contributed by atoms with E-state index in [1.807, 2.05) is 13.8 Å². The third-order valence-electron chi connectivity index (χ3n) is 4.20. The molecular weight excluding hydrogens is 220 g/mol. The predicted octanol–water partition coefficient (Wildman–Crippen LogP) is 1.65. The van der Waals surface area contributed by atoms with E-state index in [9.17, 15) is 4.79 Å². The van der Waals surface area contributed by atoms with Crippen molar-refractivity contribution in [2.45, 2.75) is 45.2 Å². The van der Waals surface area contributed by atoms with Crippen LogP contribution in [0.4, 0.5) is 0 Å². The summed E-state index contributed by atoms with van der Waals surface area (Å²) in [4.78, 5) is 12.1. The van der Waals surface area contributed by atoms with Crippen LogP contribution in [0, 0.1) is 11.3 Å². The van der Waals surface area contributed by atoms with Crippen molar-refractivity contribution in [2.24, 2.45) is 11.3 Å². The largest absolute Gasteiger partial charge is 0.457 e. The standard InChI is InChI=1S/C13H18O4/c1-8-15-7-10-11(16-8)9-5-3-4-6-13(9,2)12(14)17-10/h3,5,8-11H,4,6-7H2,1-2H3/t8-,9+,10-,11+,13+/m1/s1. The Morgan fingerprint density at radius 3 is 3.12 bits per heavy atom. The molecule has 0 amide bonds. The maximum atomic E-state index is 12.1. The molecule has 0 bridgehead atoms. The summed E-state index contributed by atoms with van der Waals surface area (Å²) in [5.74, 6) is 0.0173. The molecule has 3 rings (SSSR count). The maximum absolute atomic E-state index is 12.1. The highest BCUT2D eigenvalue weighted by atomic mass is 16.7. The Morgan fingerprint density at radius 2 is 2.29 bits per heavy atom. The Morgan fingerprint density at radius 1 is 1.47 bits per heavy atom. The lowest BCUT2D eigenvalue weighted by Gasteiger charge is -2.50. The molecule has 94 valence electrons. The number of allylic oxidation sites excluding steroid dienone is 1. The van der Waals surface area contributed by atoms with Crippen LogP contribution < -0.4 is 0 Å². The van der Waals surface area contributed by atoms with E-state index in [0.717, 1.165) is 12.8 Å². The Kier molecular flexibility index (Phi) is 2.52. The monoisotopic (exact) mass is 238 g/mol. The van der Waals surface area contributed by atoms with E-state index < -0.39 is 5.41 Å². The van der Waals surface area contributed by atoms with Gasteiger partial charge in [0.05, 0.1) is 12.0 Å². The minimum atomic E-state index is -0.424. The van der Waals surface area contributed by atoms with Crippen LogP contribution in [0.3, 0.4) is 0 Å². The average molecular weight is 238 g/mol. The molecule has 4 heteroatoms. The molecule has 2 heterocycles. The fourth-order valence-electron chi connectivity index (χ4n) is 3.08. The van der Waals surface area contributed by atoms with Crippen LogP contribution in [0.2, 0.25) is 0 Å². The quantitative estimate of drug-likeness (QED) is 0.475. The van der Waals surface area contributed by atoms with E-state index >= 15 is 0 Å². The van der Waals surface area contributed by atoms with Crippen LogP contribution in [0.1, 0.15) is 26.7 Å². The topological polar surface area (TPSA) is 44.8 Å². The number of fused-ring (bicyclic) bond motifs is 3. The Balaban J connectivity index is 1.94. The summed E-state index contributed by atoms with van der Waals surface area (Å²) in [6.07, 6.45) is 5.52. The van der Waals surface area contributed by atoms with Gasteiger partial charge in [0.25, 0.3) is 0 Å². The summed E-state index contributed by atoms with van der Waals surface area (Å²) < 4.78 is 16.7. The van der Waals surface area contributed by atoms with Crippen LogP contribution in [0.25, 0.3) is 0 Å². The smallest absolute Gasteiger partial charge is 0.312 e. The van der Waals surface area contributed by atoms with Crippen molar-refractivity contribution in [3.05, 3.63) is 12.2 Å². The molecular formula is C13H18O4. The molecule has 4 nitrogen and oxygen atoms in total. The second-order valence-corrected chi connectivity index (χ2v) is 5.36. The van der Waals surface area contributed by atoms with Gasteiger partial charge in [-0.2, -0.15) is 0 Å². The van der Waals surface area contributed by atoms with Crippen molar-refractivity contribution in [1.82, 2.24) is 0 Å². The van der Waals surface area contributed by atoms with Gasteiger partial charge in [-0.25, -0.2) is 0 Å². The molecule has 0 N–H and O–H groups in total. The molecule has 0 aromatic heterocycles. The molecule has 0 spiro atoms. The Bertz CT molecular complexity index is 364. The van der Waals surface area contributed by atoms with Crippen LogP contribution in [0.15, 0.2) is 12.2 Å². The van der Waals surface area contributed by atoms with Gasteiger partial charge in [-0.15, -0.1) is 0 Å². The van der Waals surface area contributed by atoms with Gasteiger partial charge < -0.3 is 14.2 Å². The minimum Gasteiger partial charge on any atom is -0.457 e. The lowest BCUT2D eigenvalue weighted by Crippen LogP contribution is -2.60. The fourth-order valence-corrected chi connectivity index (χ4v) is 3.08. The summed E-state index contributed by atoms with van der Waals surface area (Å²) in [6.45, 7) is 4.32. The molecule has 17 heavy (non-hydrogen) atoms. The Labute approximate surface area is 101 Å². The van der Waals surface area contributed by atoms with Gasteiger partial charge in [-0.05, 0) is 26.7 Å². The molecule has 0 aromatic rings. The maximum Gasteiger partial charge on any atom is 0.312 e. The second kappa shape index (κ2) is 3.82. The van der Waals surface area contributed by atoms with Gasteiger partial charge in [-0.3, -0.25) is 4.79 Å². The van der Waals surface area contributed by atoms with E-state index in [0.29, 0.717) is 6.61 Å². The summed E-state index contributed by atoms with van der Waals surface area (Å²) in [6, 6.07) is 0. The lowest BCUT2D eigenvalue weighted by atomic mass is 9.66. The summed E-state index contributed by atoms with van der Waals surface area (Å²) in [7, 11) is 0. The Hall–Kier alpha value is -0.870. The zero-order valence-corrected chi connectivity index (χ0v) is 10.2. The van der Waals surface area contributed by atoms with Gasteiger partial charge in [0.1, 0.15) is 6.10 Å². The average Bonchev–Trinajstić information content (AvgIpc) is 2.31. The van der Waals surface area contributed by atoms with Crippen LogP contribution in [0.5, 0.6) is 0 Å². The summed E-state index contributed by atoms with van der Waals surface area (Å²) in [5.41, 5.74) is -0.424. The number of hydrogen-bond acceptors (Lipinski definition) is 4. The van der Waals surface area contributed by atoms with Gasteiger partial charge in [0.15, 0.2) is 12.4 Å². The van der Waals surface area contributed by atoms with Gasteiger partial charge in [0.2, 0.25) is 0 Å². The van der Waals surface area contributed by atoms with E-state index in [4.69, 9.17) is 14.2 Å². The van der Waals surface area contributed by atoms with Crippen molar-refractivity contribution in [3.8, 4) is 0 Å². The molecule has 1 aliphatic carbocycles. The number of ether oxygens (including phenoxy) is 3. The van der Waals surface area contributed by atoms with Crippen LogP contribution >= 0.6 is 0 Å². The summed E-state index contributed by atoms with van der Waals surface area (Å²) in [5, 5.41) is 0. The number of carbonyl (C=O) groups is 1. The first-order chi connectivity index (χ1) is 8.11. The highest BCUT2D eigenvalue weighted by molar-refractivity contribution is 5.78. The third kappa shape index (κ3) is 1.62. The highest BCUT2D eigenvalue weighted by Crippen LogP contribution is 2.47. The van der Waals surface area contributed by atoms with Crippen molar-refractivity contribution in [3.63, 3.8) is 0 Å². The second-order valence-electron chi connectivity index (χ2n) is 5.36. The van der Waals surface area contributed by atoms with Crippen molar-refractivity contribution >= 4 is 5.97 Å². The van der Waals surface area contributed by atoms with Crippen LogP contribution in [-0.2, 0) is 19.0 Å². The SMILES string of the molecule is C[C@@H]1OC[C@H]2OC(=O)[C@@]3(C)CCC=C[C@H]3[C@@H]2O1. The van der Waals surface area contributed by atoms with E-state index in [2.05, 4.69) is 12.2 Å².